The number of imidazole rings is 1. The van der Waals surface area contributed by atoms with E-state index in [0.717, 1.165) is 5.57 Å². The second-order valence-electron chi connectivity index (χ2n) is 6.07. The van der Waals surface area contributed by atoms with Crippen molar-refractivity contribution in [2.24, 2.45) is 18.4 Å². The van der Waals surface area contributed by atoms with Gasteiger partial charge in [0.15, 0.2) is 5.78 Å². The van der Waals surface area contributed by atoms with E-state index in [2.05, 4.69) is 4.98 Å². The standard InChI is InChI=1S/C16H16N4O2/c1-16(2)12-4-6-20(15-18-5-7-19(15)3)14(22)11(12)8-10(9-17)13(16)21/h4-5,7-8,11H,6H2,1-3H3. The van der Waals surface area contributed by atoms with Gasteiger partial charge >= 0.3 is 0 Å². The number of carbonyl (C=O) groups is 2. The summed E-state index contributed by atoms with van der Waals surface area (Å²) in [6.07, 6.45) is 6.79. The van der Waals surface area contributed by atoms with Gasteiger partial charge in [0.05, 0.1) is 16.9 Å². The molecule has 6 heteroatoms. The average Bonchev–Trinajstić information content (AvgIpc) is 2.90. The molecule has 1 unspecified atom stereocenters. The molecule has 0 saturated heterocycles. The van der Waals surface area contributed by atoms with Gasteiger partial charge in [0.2, 0.25) is 11.9 Å². The van der Waals surface area contributed by atoms with E-state index in [1.165, 1.54) is 6.08 Å². The van der Waals surface area contributed by atoms with Gasteiger partial charge in [-0.15, -0.1) is 0 Å². The first-order valence-electron chi connectivity index (χ1n) is 7.04. The van der Waals surface area contributed by atoms with Crippen LogP contribution in [0.1, 0.15) is 13.8 Å². The number of allylic oxidation sites excluding steroid dienone is 1. The van der Waals surface area contributed by atoms with Crippen LogP contribution in [0.25, 0.3) is 0 Å². The number of nitriles is 1. The molecule has 0 bridgehead atoms. The smallest absolute Gasteiger partial charge is 0.240 e. The van der Waals surface area contributed by atoms with Crippen molar-refractivity contribution in [3.63, 3.8) is 0 Å². The van der Waals surface area contributed by atoms with Gasteiger partial charge in [0, 0.05) is 26.0 Å². The highest BCUT2D eigenvalue weighted by molar-refractivity contribution is 6.10. The van der Waals surface area contributed by atoms with Crippen molar-refractivity contribution in [1.82, 2.24) is 9.55 Å². The number of anilines is 1. The molecule has 0 N–H and O–H groups in total. The van der Waals surface area contributed by atoms with Crippen molar-refractivity contribution in [3.05, 3.63) is 35.7 Å². The molecule has 1 aromatic rings. The summed E-state index contributed by atoms with van der Waals surface area (Å²) < 4.78 is 1.77. The van der Waals surface area contributed by atoms with Crippen LogP contribution in [0.3, 0.4) is 0 Å². The molecule has 1 aliphatic carbocycles. The number of Topliss-reactive ketones (excluding diaryl/α,β-unsaturated/α-hetero) is 1. The van der Waals surface area contributed by atoms with Gasteiger partial charge in [-0.05, 0) is 25.5 Å². The highest BCUT2D eigenvalue weighted by Crippen LogP contribution is 2.43. The average molecular weight is 296 g/mol. The Morgan fingerprint density at radius 2 is 2.14 bits per heavy atom. The Balaban J connectivity index is 2.09. The van der Waals surface area contributed by atoms with Crippen LogP contribution in [-0.2, 0) is 16.6 Å². The SMILES string of the molecule is Cn1ccnc1N1CC=C2C(C=C(C#N)C(=O)C2(C)C)C1=O. The van der Waals surface area contributed by atoms with E-state index in [-0.39, 0.29) is 17.3 Å². The predicted molar refractivity (Wildman–Crippen MR) is 79.6 cm³/mol. The van der Waals surface area contributed by atoms with Gasteiger partial charge in [0.25, 0.3) is 0 Å². The quantitative estimate of drug-likeness (QED) is 0.733. The maximum atomic E-state index is 12.8. The predicted octanol–water partition coefficient (Wildman–Crippen LogP) is 1.37. The number of aromatic nitrogens is 2. The van der Waals surface area contributed by atoms with Crippen LogP contribution in [0.2, 0.25) is 0 Å². The van der Waals surface area contributed by atoms with Crippen LogP contribution in [0.4, 0.5) is 5.95 Å². The number of amides is 1. The van der Waals surface area contributed by atoms with Crippen LogP contribution in [-0.4, -0.2) is 27.8 Å². The van der Waals surface area contributed by atoms with Crippen LogP contribution < -0.4 is 4.90 Å². The third-order valence-electron chi connectivity index (χ3n) is 4.39. The maximum absolute atomic E-state index is 12.8. The van der Waals surface area contributed by atoms with E-state index in [4.69, 9.17) is 5.26 Å². The van der Waals surface area contributed by atoms with E-state index < -0.39 is 11.3 Å². The Hall–Kier alpha value is -2.68. The fourth-order valence-electron chi connectivity index (χ4n) is 3.11. The second-order valence-corrected chi connectivity index (χ2v) is 6.07. The van der Waals surface area contributed by atoms with Crippen molar-refractivity contribution in [1.29, 1.82) is 5.26 Å². The number of fused-ring (bicyclic) bond motifs is 1. The Morgan fingerprint density at radius 3 is 2.73 bits per heavy atom. The highest BCUT2D eigenvalue weighted by atomic mass is 16.2. The van der Waals surface area contributed by atoms with Crippen molar-refractivity contribution in [2.75, 3.05) is 11.4 Å². The van der Waals surface area contributed by atoms with Crippen LogP contribution >= 0.6 is 0 Å². The summed E-state index contributed by atoms with van der Waals surface area (Å²) in [5, 5.41) is 9.16. The summed E-state index contributed by atoms with van der Waals surface area (Å²) in [6.45, 7) is 3.91. The van der Waals surface area contributed by atoms with Gasteiger partial charge in [-0.1, -0.05) is 6.08 Å². The number of nitrogens with zero attached hydrogens (tertiary/aromatic N) is 4. The zero-order valence-corrected chi connectivity index (χ0v) is 12.7. The van der Waals surface area contributed by atoms with E-state index in [1.807, 2.05) is 19.2 Å². The fraction of sp³-hybridized carbons (Fsp3) is 0.375. The monoisotopic (exact) mass is 296 g/mol. The summed E-state index contributed by atoms with van der Waals surface area (Å²) in [6, 6.07) is 1.92. The topological polar surface area (TPSA) is 79.0 Å². The molecule has 0 saturated carbocycles. The van der Waals surface area contributed by atoms with Gasteiger partial charge in [-0.3, -0.25) is 14.5 Å². The molecule has 3 rings (SSSR count). The maximum Gasteiger partial charge on any atom is 0.240 e. The summed E-state index contributed by atoms with van der Waals surface area (Å²) in [4.78, 5) is 30.9. The number of hydrogen-bond donors (Lipinski definition) is 0. The number of rotatable bonds is 1. The summed E-state index contributed by atoms with van der Waals surface area (Å²) in [5.41, 5.74) is 0.00239. The molecule has 22 heavy (non-hydrogen) atoms. The zero-order valence-electron chi connectivity index (χ0n) is 12.7. The molecule has 0 spiro atoms. The minimum atomic E-state index is -0.826. The lowest BCUT2D eigenvalue weighted by Gasteiger charge is -2.39. The first-order valence-corrected chi connectivity index (χ1v) is 7.04. The third-order valence-corrected chi connectivity index (χ3v) is 4.39. The minimum Gasteiger partial charge on any atom is -0.320 e. The molecule has 0 aromatic carbocycles. The van der Waals surface area contributed by atoms with E-state index in [0.29, 0.717) is 12.5 Å². The minimum absolute atomic E-state index is 0.0576. The van der Waals surface area contributed by atoms with Crippen LogP contribution in [0, 0.1) is 22.7 Å². The first kappa shape index (κ1) is 14.3. The molecule has 0 radical (unpaired) electrons. The molecular formula is C16H16N4O2. The Kier molecular flexibility index (Phi) is 3.03. The lowest BCUT2D eigenvalue weighted by atomic mass is 9.66. The molecular weight excluding hydrogens is 280 g/mol. The van der Waals surface area contributed by atoms with Crippen molar-refractivity contribution < 1.29 is 9.59 Å². The summed E-state index contributed by atoms with van der Waals surface area (Å²) in [5.74, 6) is -0.398. The normalized spacial score (nSPS) is 23.5. The number of hydrogen-bond acceptors (Lipinski definition) is 4. The molecule has 112 valence electrons. The van der Waals surface area contributed by atoms with E-state index >= 15 is 0 Å². The summed E-state index contributed by atoms with van der Waals surface area (Å²) in [7, 11) is 1.82. The highest BCUT2D eigenvalue weighted by Gasteiger charge is 2.46. The molecule has 0 fully saturated rings. The lowest BCUT2D eigenvalue weighted by molar-refractivity contribution is -0.124. The number of aryl methyl sites for hydroxylation is 1. The third kappa shape index (κ3) is 1.82. The van der Waals surface area contributed by atoms with Crippen LogP contribution in [0.5, 0.6) is 0 Å². The van der Waals surface area contributed by atoms with Crippen molar-refractivity contribution >= 4 is 17.6 Å². The Labute approximate surface area is 128 Å². The molecule has 2 aliphatic rings. The number of ketones is 1. The molecule has 1 amide bonds. The largest absolute Gasteiger partial charge is 0.320 e. The van der Waals surface area contributed by atoms with Gasteiger partial charge in [0.1, 0.15) is 6.07 Å². The molecule has 6 nitrogen and oxygen atoms in total. The van der Waals surface area contributed by atoms with Gasteiger partial charge in [-0.25, -0.2) is 4.98 Å². The Bertz CT molecular complexity index is 776. The first-order chi connectivity index (χ1) is 10.4. The van der Waals surface area contributed by atoms with E-state index in [1.54, 1.807) is 35.7 Å². The Morgan fingerprint density at radius 1 is 1.41 bits per heavy atom. The fourth-order valence-corrected chi connectivity index (χ4v) is 3.11. The summed E-state index contributed by atoms with van der Waals surface area (Å²) >= 11 is 0. The van der Waals surface area contributed by atoms with Crippen molar-refractivity contribution in [2.45, 2.75) is 13.8 Å². The van der Waals surface area contributed by atoms with E-state index in [9.17, 15) is 9.59 Å². The van der Waals surface area contributed by atoms with Gasteiger partial charge < -0.3 is 4.57 Å². The zero-order chi connectivity index (χ0) is 16.1. The molecule has 1 aliphatic heterocycles. The number of carbonyl (C=O) groups excluding carboxylic acids is 2. The lowest BCUT2D eigenvalue weighted by Crippen LogP contribution is -2.47. The van der Waals surface area contributed by atoms with Crippen molar-refractivity contribution in [3.8, 4) is 6.07 Å². The molecule has 2 heterocycles. The molecule has 1 aromatic heterocycles. The van der Waals surface area contributed by atoms with Crippen LogP contribution in [0.15, 0.2) is 35.7 Å². The molecule has 1 atom stereocenters. The van der Waals surface area contributed by atoms with Gasteiger partial charge in [-0.2, -0.15) is 5.26 Å². The second kappa shape index (κ2) is 4.67.